The number of imidazole rings is 3. The summed E-state index contributed by atoms with van der Waals surface area (Å²) in [6, 6.07) is -0.637. The van der Waals surface area contributed by atoms with E-state index in [1.165, 1.54) is 41.2 Å². The number of urea groups is 1. The van der Waals surface area contributed by atoms with E-state index in [-0.39, 0.29) is 57.8 Å². The SMILES string of the molecule is CO[C@@H]1[C@H](P(=O)(O)OC[C@H]2O[C@@H](n3cnc4c(=O)[nH]c(N)nc43)[C@H](O)[C@@H]2O)[C@@H](COP(=O)(O)OP(=O)(O)OP(=O)(O)OC[C@H]2O[C@@H]([n+]3cn(C)c4c(=O)[nH]c(N)nc43)[C@H](O)[C@@H]2CNC(=O)N(C)C)O[C@H]1n1cnc2c(N)ncnc21. The Morgan fingerprint density at radius 3 is 2.02 bits per heavy atom. The van der Waals surface area contributed by atoms with Crippen molar-refractivity contribution >= 4 is 88.3 Å². The Labute approximate surface area is 445 Å². The van der Waals surface area contributed by atoms with Gasteiger partial charge in [-0.15, -0.1) is 0 Å². The monoisotopic (exact) mass is 1210 g/mol. The number of aryl methyl sites for hydroxylation is 1. The van der Waals surface area contributed by atoms with Gasteiger partial charge in [-0.1, -0.05) is 4.98 Å². The van der Waals surface area contributed by atoms with Gasteiger partial charge < -0.3 is 85.8 Å². The van der Waals surface area contributed by atoms with Crippen LogP contribution in [0.4, 0.5) is 22.5 Å². The molecule has 80 heavy (non-hydrogen) atoms. The minimum atomic E-state index is -6.25. The Balaban J connectivity index is 0.895. The van der Waals surface area contributed by atoms with E-state index in [9.17, 15) is 67.5 Å². The number of anilines is 3. The van der Waals surface area contributed by atoms with Crippen molar-refractivity contribution in [2.75, 3.05) is 64.8 Å². The summed E-state index contributed by atoms with van der Waals surface area (Å²) in [6.07, 6.45) is -11.8. The maximum atomic E-state index is 14.5. The normalized spacial score (nSPS) is 29.2. The Kier molecular flexibility index (Phi) is 16.3. The van der Waals surface area contributed by atoms with E-state index in [4.69, 9.17) is 49.7 Å². The van der Waals surface area contributed by atoms with Crippen molar-refractivity contribution in [3.05, 3.63) is 46.0 Å². The summed E-state index contributed by atoms with van der Waals surface area (Å²) >= 11 is 0. The largest absolute Gasteiger partial charge is 0.490 e. The molecule has 0 saturated carbocycles. The van der Waals surface area contributed by atoms with Crippen LogP contribution >= 0.6 is 31.1 Å². The van der Waals surface area contributed by atoms with E-state index < -0.39 is 141 Å². The summed E-state index contributed by atoms with van der Waals surface area (Å²) in [6.45, 7) is -3.72. The average molecular weight is 1210 g/mol. The topological polar surface area (TPSA) is 565 Å². The second-order valence-corrected chi connectivity index (χ2v) is 24.9. The lowest BCUT2D eigenvalue weighted by Gasteiger charge is -2.28. The molecule has 3 fully saturated rings. The predicted molar refractivity (Wildman–Crippen MR) is 262 cm³/mol. The number of hydrogen-bond donors (Lipinski definition) is 13. The molecule has 0 bridgehead atoms. The molecular formula is C36H52N17O23P4+. The molecular weight excluding hydrogens is 1160 g/mol. The van der Waals surface area contributed by atoms with Gasteiger partial charge in [0.25, 0.3) is 17.1 Å². The van der Waals surface area contributed by atoms with Crippen molar-refractivity contribution < 1.29 is 104 Å². The number of phosphoric acid groups is 3. The van der Waals surface area contributed by atoms with Crippen molar-refractivity contribution in [3.8, 4) is 0 Å². The highest BCUT2D eigenvalue weighted by atomic mass is 31.3. The van der Waals surface area contributed by atoms with Crippen molar-refractivity contribution in [2.45, 2.75) is 67.1 Å². The first-order valence-corrected chi connectivity index (χ1v) is 29.2. The number of carbonyl (C=O) groups excluding carboxylic acids is 1. The Bertz CT molecular complexity index is 3650. The molecule has 44 heteroatoms. The predicted octanol–water partition coefficient (Wildman–Crippen LogP) is -4.12. The minimum absolute atomic E-state index is 0.00710. The third kappa shape index (κ3) is 11.7. The van der Waals surface area contributed by atoms with Gasteiger partial charge in [0.2, 0.25) is 17.7 Å². The first-order valence-electron chi connectivity index (χ1n) is 23.1. The molecule has 2 amide bonds. The van der Waals surface area contributed by atoms with Crippen LogP contribution in [0.1, 0.15) is 18.7 Å². The maximum Gasteiger partial charge on any atom is 0.490 e. The number of rotatable bonds is 20. The first kappa shape index (κ1) is 58.8. The zero-order chi connectivity index (χ0) is 58.1. The van der Waals surface area contributed by atoms with Crippen molar-refractivity contribution in [1.29, 1.82) is 0 Å². The van der Waals surface area contributed by atoms with Gasteiger partial charge in [-0.05, 0) is 0 Å². The second-order valence-electron chi connectivity index (χ2n) is 18.2. The molecule has 3 saturated heterocycles. The van der Waals surface area contributed by atoms with Gasteiger partial charge in [0.05, 0.1) is 45.6 Å². The fourth-order valence-corrected chi connectivity index (χ4v) is 14.5. The number of nitrogens with one attached hydrogen (secondary N) is 3. The number of ether oxygens (including phenoxy) is 4. The molecule has 16 N–H and O–H groups in total. The highest BCUT2D eigenvalue weighted by Crippen LogP contribution is 2.68. The average Bonchev–Trinajstić information content (AvgIpc) is 4.22. The number of nitrogen functional groups attached to an aromatic ring is 3. The van der Waals surface area contributed by atoms with Crippen LogP contribution in [0.25, 0.3) is 33.5 Å². The zero-order valence-corrected chi connectivity index (χ0v) is 45.2. The zero-order valence-electron chi connectivity index (χ0n) is 41.7. The summed E-state index contributed by atoms with van der Waals surface area (Å²) in [5.74, 6) is -1.92. The van der Waals surface area contributed by atoms with Gasteiger partial charge >= 0.3 is 42.7 Å². The molecule has 0 radical (unpaired) electrons. The van der Waals surface area contributed by atoms with Gasteiger partial charge in [0, 0.05) is 33.7 Å². The van der Waals surface area contributed by atoms with Gasteiger partial charge in [0.15, 0.2) is 41.4 Å². The molecule has 4 unspecified atom stereocenters. The highest BCUT2D eigenvalue weighted by Gasteiger charge is 2.58. The summed E-state index contributed by atoms with van der Waals surface area (Å²) in [7, 11) is -18.1. The van der Waals surface area contributed by atoms with E-state index in [2.05, 4.69) is 53.8 Å². The minimum Gasteiger partial charge on any atom is -0.387 e. The molecule has 6 aromatic heterocycles. The lowest BCUT2D eigenvalue weighted by atomic mass is 9.98. The van der Waals surface area contributed by atoms with E-state index in [1.807, 2.05) is 0 Å². The van der Waals surface area contributed by atoms with Crippen LogP contribution in [0, 0.1) is 5.92 Å². The lowest BCUT2D eigenvalue weighted by molar-refractivity contribution is -0.745. The van der Waals surface area contributed by atoms with Crippen LogP contribution in [0.3, 0.4) is 0 Å². The number of hydrogen-bond acceptors (Lipinski definition) is 28. The molecule has 6 aromatic rings. The first-order chi connectivity index (χ1) is 37.5. The molecule has 0 spiro atoms. The third-order valence-electron chi connectivity index (χ3n) is 12.8. The molecule has 40 nitrogen and oxygen atoms in total. The molecule has 438 valence electrons. The number of amides is 2. The van der Waals surface area contributed by atoms with Gasteiger partial charge in [-0.2, -0.15) is 13.6 Å². The van der Waals surface area contributed by atoms with Crippen LogP contribution in [-0.4, -0.2) is 195 Å². The smallest absolute Gasteiger partial charge is 0.387 e. The molecule has 0 aromatic carbocycles. The molecule has 16 atom stereocenters. The molecule has 9 rings (SSSR count). The maximum absolute atomic E-state index is 14.5. The number of fused-ring (bicyclic) bond motifs is 3. The number of nitrogens with zero attached hydrogens (tertiary/aromatic N) is 11. The number of aromatic nitrogens is 12. The number of aliphatic hydroxyl groups is 3. The Morgan fingerprint density at radius 2 is 1.36 bits per heavy atom. The van der Waals surface area contributed by atoms with Crippen LogP contribution in [-0.2, 0) is 66.4 Å². The van der Waals surface area contributed by atoms with Crippen LogP contribution in [0.15, 0.2) is 34.9 Å². The quantitative estimate of drug-likeness (QED) is 0.0255. The number of phosphoric ester groups is 2. The van der Waals surface area contributed by atoms with E-state index >= 15 is 0 Å². The molecule has 3 aliphatic rings. The summed E-state index contributed by atoms with van der Waals surface area (Å²) < 4.78 is 107. The number of aliphatic hydroxyl groups excluding tert-OH is 3. The number of methoxy groups -OCH3 is 1. The van der Waals surface area contributed by atoms with Crippen LogP contribution in [0.5, 0.6) is 0 Å². The fraction of sp³-hybridized carbons (Fsp3) is 0.556. The Morgan fingerprint density at radius 1 is 0.762 bits per heavy atom. The van der Waals surface area contributed by atoms with Crippen LogP contribution in [0.2, 0.25) is 0 Å². The summed E-state index contributed by atoms with van der Waals surface area (Å²) in [5.41, 5.74) is 13.6. The van der Waals surface area contributed by atoms with Crippen molar-refractivity contribution in [2.24, 2.45) is 13.0 Å². The molecule has 9 heterocycles. The Hall–Kier alpha value is -5.80. The number of aromatic amines is 2. The van der Waals surface area contributed by atoms with Crippen LogP contribution < -0.4 is 38.2 Å². The highest BCUT2D eigenvalue weighted by molar-refractivity contribution is 7.66. The standard InChI is InChI=1S/C36H51N17O23P4/c1-49(2)36(59)40-5-13-14(72-31(20(13)54)53-12-50(3)19-28(53)46-35(39)48-30(19)58)6-70-78(62,63)75-80(66,67)76-79(64,65)71-8-16-24(23(68-4)33(74-16)51-10-43-17-25(37)41-9-42-26(17)51)77(60,61)69-7-15-21(55)22(56)32(73-15)52-11-44-18-27(52)45-34(38)47-29(18)57/h9-16,20-24,31-33,54-56H,5-8H2,1-4H3,(H12-,37,38,39,40,41,42,45,46,47,48,57,58,59,60,61,62,63,64,65,66,67)/p+1/t13-,14-,15-,16-,20-,21-,22-,23-,24-,31-,32-,33-/m1/s1. The van der Waals surface area contributed by atoms with Gasteiger partial charge in [0.1, 0.15) is 54.1 Å². The van der Waals surface area contributed by atoms with Crippen molar-refractivity contribution in [3.63, 3.8) is 0 Å². The van der Waals surface area contributed by atoms with E-state index in [0.29, 0.717) is 0 Å². The number of carbonyl (C=O) groups is 1. The number of nitrogens with two attached hydrogens (primary N) is 3. The van der Waals surface area contributed by atoms with Gasteiger partial charge in [-0.25, -0.2) is 43.0 Å². The number of H-pyrrole nitrogens is 2. The summed E-state index contributed by atoms with van der Waals surface area (Å²) in [4.78, 5) is 111. The van der Waals surface area contributed by atoms with E-state index in [1.54, 1.807) is 0 Å². The fourth-order valence-electron chi connectivity index (χ4n) is 9.19. The second kappa shape index (κ2) is 22.2. The van der Waals surface area contributed by atoms with Gasteiger partial charge in [-0.3, -0.25) is 46.9 Å². The lowest BCUT2D eigenvalue weighted by Crippen LogP contribution is -2.47. The van der Waals surface area contributed by atoms with E-state index in [0.717, 1.165) is 35.6 Å². The van der Waals surface area contributed by atoms with Crippen molar-refractivity contribution in [1.82, 2.24) is 63.8 Å². The molecule has 0 aliphatic carbocycles. The summed E-state index contributed by atoms with van der Waals surface area (Å²) in [5, 5.41) is 36.0. The molecule has 3 aliphatic heterocycles. The third-order valence-corrected chi connectivity index (χ3v) is 19.0.